The van der Waals surface area contributed by atoms with Crippen LogP contribution in [0.25, 0.3) is 0 Å². The van der Waals surface area contributed by atoms with Crippen molar-refractivity contribution in [3.05, 3.63) is 11.6 Å². The molecule has 4 aliphatic heterocycles. The highest BCUT2D eigenvalue weighted by Crippen LogP contribution is 2.70. The van der Waals surface area contributed by atoms with Gasteiger partial charge in [-0.25, -0.2) is 0 Å². The maximum Gasteiger partial charge on any atom is 0.303 e. The van der Waals surface area contributed by atoms with Crippen LogP contribution in [0.5, 0.6) is 0 Å². The molecular formula is C41H61NO11. The molecule has 4 aliphatic carbocycles. The van der Waals surface area contributed by atoms with Crippen LogP contribution in [0.15, 0.2) is 11.6 Å². The third kappa shape index (κ3) is 6.39. The Hall–Kier alpha value is -2.09. The highest BCUT2D eigenvalue weighted by atomic mass is 16.9. The molecule has 7 fully saturated rings. The average Bonchev–Trinajstić information content (AvgIpc) is 3.67. The van der Waals surface area contributed by atoms with Crippen molar-refractivity contribution in [2.24, 2.45) is 46.3 Å². The van der Waals surface area contributed by atoms with E-state index in [4.69, 9.17) is 37.9 Å². The molecular weight excluding hydrogens is 682 g/mol. The summed E-state index contributed by atoms with van der Waals surface area (Å²) in [5, 5.41) is 3.89. The van der Waals surface area contributed by atoms with Crippen LogP contribution >= 0.6 is 0 Å². The minimum absolute atomic E-state index is 0.119. The van der Waals surface area contributed by atoms with Gasteiger partial charge >= 0.3 is 17.9 Å². The van der Waals surface area contributed by atoms with Crippen molar-refractivity contribution in [3.63, 3.8) is 0 Å². The first-order valence-electron chi connectivity index (χ1n) is 20.3. The average molecular weight is 744 g/mol. The predicted octanol–water partition coefficient (Wildman–Crippen LogP) is 5.55. The number of allylic oxidation sites excluding steroid dienone is 1. The molecule has 3 saturated carbocycles. The summed E-state index contributed by atoms with van der Waals surface area (Å²) in [6, 6.07) is 0. The summed E-state index contributed by atoms with van der Waals surface area (Å²) >= 11 is 0. The van der Waals surface area contributed by atoms with Crippen molar-refractivity contribution < 1.29 is 52.3 Å². The van der Waals surface area contributed by atoms with Crippen molar-refractivity contribution in [3.8, 4) is 0 Å². The quantitative estimate of drug-likeness (QED) is 0.208. The molecule has 12 heteroatoms. The Morgan fingerprint density at radius 3 is 2.34 bits per heavy atom. The van der Waals surface area contributed by atoms with Crippen LogP contribution in [0.1, 0.15) is 113 Å². The second-order valence-corrected chi connectivity index (χ2v) is 18.5. The van der Waals surface area contributed by atoms with Crippen LogP contribution in [0, 0.1) is 46.3 Å². The number of fused-ring (bicyclic) bond motifs is 8. The Bertz CT molecular complexity index is 1490. The van der Waals surface area contributed by atoms with Gasteiger partial charge in [-0.2, -0.15) is 0 Å². The van der Waals surface area contributed by atoms with Gasteiger partial charge in [0.05, 0.1) is 12.2 Å². The summed E-state index contributed by atoms with van der Waals surface area (Å²) in [6.45, 7) is 16.3. The molecule has 4 heterocycles. The molecule has 17 unspecified atom stereocenters. The van der Waals surface area contributed by atoms with E-state index in [-0.39, 0.29) is 23.9 Å². The molecule has 8 rings (SSSR count). The first kappa shape index (κ1) is 37.8. The third-order valence-corrected chi connectivity index (χ3v) is 15.2. The van der Waals surface area contributed by atoms with Crippen molar-refractivity contribution in [1.82, 2.24) is 5.32 Å². The van der Waals surface area contributed by atoms with Crippen molar-refractivity contribution in [2.75, 3.05) is 13.2 Å². The number of carbonyl (C=O) groups is 3. The van der Waals surface area contributed by atoms with Gasteiger partial charge in [-0.1, -0.05) is 39.3 Å². The molecule has 0 aromatic carbocycles. The molecule has 296 valence electrons. The normalized spacial score (nSPS) is 51.2. The van der Waals surface area contributed by atoms with Crippen LogP contribution in [0.3, 0.4) is 0 Å². The first-order chi connectivity index (χ1) is 25.0. The number of piperidine rings is 1. The molecule has 53 heavy (non-hydrogen) atoms. The predicted molar refractivity (Wildman–Crippen MR) is 189 cm³/mol. The zero-order chi connectivity index (χ0) is 37.7. The highest BCUT2D eigenvalue weighted by Gasteiger charge is 2.68. The van der Waals surface area contributed by atoms with Gasteiger partial charge in [0.2, 0.25) is 0 Å². The van der Waals surface area contributed by atoms with Gasteiger partial charge in [0.15, 0.2) is 24.6 Å². The van der Waals surface area contributed by atoms with E-state index in [1.165, 1.54) is 52.0 Å². The smallest absolute Gasteiger partial charge is 0.303 e. The van der Waals surface area contributed by atoms with Crippen molar-refractivity contribution in [1.29, 1.82) is 0 Å². The summed E-state index contributed by atoms with van der Waals surface area (Å²) in [5.41, 5.74) is 1.77. The first-order valence-corrected chi connectivity index (χ1v) is 20.3. The molecule has 0 amide bonds. The SMILES string of the molecule is CC(=O)OCC1OC2OC(C)(OC3CCC4(C)C(=CCC5C4CCC4(C)C5CC5OC6(CCC(C)CN6)C(C)C54)C3)OC2C(OC(C)=O)C1OC(C)=O. The number of rotatable bonds is 6. The summed E-state index contributed by atoms with van der Waals surface area (Å²) in [5.74, 6) is 0.612. The molecule has 8 aliphatic rings. The second-order valence-electron chi connectivity index (χ2n) is 18.5. The van der Waals surface area contributed by atoms with Crippen LogP contribution < -0.4 is 5.32 Å². The third-order valence-electron chi connectivity index (χ3n) is 15.2. The molecule has 4 saturated heterocycles. The van der Waals surface area contributed by atoms with Crippen LogP contribution in [0.2, 0.25) is 0 Å². The molecule has 17 atom stereocenters. The van der Waals surface area contributed by atoms with Gasteiger partial charge in [-0.3, -0.25) is 24.4 Å². The molecule has 0 radical (unpaired) electrons. The lowest BCUT2D eigenvalue weighted by Crippen LogP contribution is -2.60. The molecule has 0 aromatic rings. The monoisotopic (exact) mass is 743 g/mol. The summed E-state index contributed by atoms with van der Waals surface area (Å²) in [7, 11) is 0. The van der Waals surface area contributed by atoms with E-state index >= 15 is 0 Å². The van der Waals surface area contributed by atoms with E-state index in [0.717, 1.165) is 38.6 Å². The van der Waals surface area contributed by atoms with Gasteiger partial charge in [-0.15, -0.1) is 0 Å². The van der Waals surface area contributed by atoms with Crippen molar-refractivity contribution >= 4 is 17.9 Å². The molecule has 0 aromatic heterocycles. The minimum atomic E-state index is -1.51. The van der Waals surface area contributed by atoms with E-state index < -0.39 is 54.6 Å². The van der Waals surface area contributed by atoms with Crippen LogP contribution in [0.4, 0.5) is 0 Å². The molecule has 12 nitrogen and oxygen atoms in total. The lowest BCUT2D eigenvalue weighted by atomic mass is 9.47. The maximum absolute atomic E-state index is 12.2. The van der Waals surface area contributed by atoms with E-state index in [9.17, 15) is 14.4 Å². The molecule has 1 N–H and O–H groups in total. The topological polar surface area (TPSA) is 137 Å². The lowest BCUT2D eigenvalue weighted by Gasteiger charge is -2.58. The zero-order valence-corrected chi connectivity index (χ0v) is 32.9. The summed E-state index contributed by atoms with van der Waals surface area (Å²) in [6.07, 6.45) is 7.53. The number of hydrogen-bond donors (Lipinski definition) is 1. The summed E-state index contributed by atoms with van der Waals surface area (Å²) in [4.78, 5) is 36.0. The van der Waals surface area contributed by atoms with Gasteiger partial charge in [0, 0.05) is 40.2 Å². The second kappa shape index (κ2) is 13.5. The largest absolute Gasteiger partial charge is 0.463 e. The lowest BCUT2D eigenvalue weighted by molar-refractivity contribution is -0.360. The fraction of sp³-hybridized carbons (Fsp3) is 0.878. The zero-order valence-electron chi connectivity index (χ0n) is 32.9. The Morgan fingerprint density at radius 1 is 0.887 bits per heavy atom. The fourth-order valence-corrected chi connectivity index (χ4v) is 12.9. The van der Waals surface area contributed by atoms with Crippen molar-refractivity contribution in [2.45, 2.75) is 168 Å². The van der Waals surface area contributed by atoms with Gasteiger partial charge in [-0.05, 0) is 98.2 Å². The number of esters is 3. The Labute approximate surface area is 314 Å². The van der Waals surface area contributed by atoms with Gasteiger partial charge in [0.25, 0.3) is 5.97 Å². The number of nitrogens with one attached hydrogen (secondary N) is 1. The van der Waals surface area contributed by atoms with E-state index in [2.05, 4.69) is 39.1 Å². The fourth-order valence-electron chi connectivity index (χ4n) is 12.9. The Morgan fingerprint density at radius 2 is 1.64 bits per heavy atom. The van der Waals surface area contributed by atoms with Crippen LogP contribution in [-0.2, 0) is 52.3 Å². The van der Waals surface area contributed by atoms with Gasteiger partial charge < -0.3 is 33.2 Å². The Balaban J connectivity index is 0.951. The standard InChI is InChI=1S/C41H61NO11/c1-21-11-16-41(42-19-21)22(2)33-31(51-41)18-30-28-10-9-26-17-27(12-14-38(26,6)29(28)13-15-39(30,33)7)50-40(8)52-36-35(48-25(5)45)34(47-24(4)44)32(20-46-23(3)43)49-37(36)53-40/h9,21-22,27-37,42H,10-20H2,1-8H3. The molecule has 0 bridgehead atoms. The van der Waals surface area contributed by atoms with E-state index in [0.29, 0.717) is 47.0 Å². The summed E-state index contributed by atoms with van der Waals surface area (Å²) < 4.78 is 49.0. The number of ether oxygens (including phenoxy) is 8. The molecule has 1 spiro atoms. The minimum Gasteiger partial charge on any atom is -0.463 e. The highest BCUT2D eigenvalue weighted by molar-refractivity contribution is 5.68. The van der Waals surface area contributed by atoms with E-state index in [1.807, 2.05) is 0 Å². The Kier molecular flexibility index (Phi) is 9.66. The number of carbonyl (C=O) groups excluding carboxylic acids is 3. The van der Waals surface area contributed by atoms with Gasteiger partial charge in [0.1, 0.15) is 18.4 Å². The number of hydrogen-bond acceptors (Lipinski definition) is 12. The maximum atomic E-state index is 12.2. The van der Waals surface area contributed by atoms with E-state index in [1.54, 1.807) is 6.92 Å². The van der Waals surface area contributed by atoms with Crippen LogP contribution in [-0.4, -0.2) is 85.7 Å².